The third-order valence-corrected chi connectivity index (χ3v) is 10.9. The topological polar surface area (TPSA) is 65.2 Å². The van der Waals surface area contributed by atoms with Crippen LogP contribution in [0.4, 0.5) is 0 Å². The van der Waals surface area contributed by atoms with Gasteiger partial charge >= 0.3 is 0 Å². The zero-order chi connectivity index (χ0) is 24.4. The summed E-state index contributed by atoms with van der Waals surface area (Å²) in [6, 6.07) is 8.74. The van der Waals surface area contributed by atoms with E-state index in [-0.39, 0.29) is 22.6 Å². The highest BCUT2D eigenvalue weighted by Crippen LogP contribution is 2.65. The second-order valence-electron chi connectivity index (χ2n) is 12.3. The predicted molar refractivity (Wildman–Crippen MR) is 138 cm³/mol. The molecule has 7 atom stereocenters. The summed E-state index contributed by atoms with van der Waals surface area (Å²) in [6.07, 6.45) is 13.8. The summed E-state index contributed by atoms with van der Waals surface area (Å²) in [5, 5.41) is 4.40. The van der Waals surface area contributed by atoms with Gasteiger partial charge in [-0.3, -0.25) is 9.59 Å². The lowest BCUT2D eigenvalue weighted by Crippen LogP contribution is -2.59. The number of rotatable bonds is 4. The molecule has 2 aromatic rings. The van der Waals surface area contributed by atoms with E-state index in [0.717, 1.165) is 17.5 Å². The maximum Gasteiger partial charge on any atom is 0.246 e. The molecule has 1 aromatic carbocycles. The molecular weight excluding hydrogens is 434 g/mol. The fraction of sp³-hybridized carbons (Fsp3) is 0.600. The van der Waals surface area contributed by atoms with Gasteiger partial charge in [0.15, 0.2) is 0 Å². The monoisotopic (exact) mass is 473 g/mol. The Morgan fingerprint density at radius 1 is 1.11 bits per heavy atom. The van der Waals surface area contributed by atoms with E-state index in [2.05, 4.69) is 54.5 Å². The van der Waals surface area contributed by atoms with Crippen molar-refractivity contribution in [3.05, 3.63) is 48.2 Å². The Kier molecular flexibility index (Phi) is 5.39. The second-order valence-corrected chi connectivity index (χ2v) is 12.3. The molecule has 5 heteroatoms. The van der Waals surface area contributed by atoms with Crippen LogP contribution >= 0.6 is 0 Å². The molecule has 0 bridgehead atoms. The predicted octanol–water partition coefficient (Wildman–Crippen LogP) is 5.43. The van der Waals surface area contributed by atoms with E-state index >= 15 is 0 Å². The highest BCUT2D eigenvalue weighted by molar-refractivity contribution is 5.89. The van der Waals surface area contributed by atoms with Crippen LogP contribution < -0.4 is 5.32 Å². The minimum Gasteiger partial charge on any atom is -0.361 e. The number of hydrogen-bond donors (Lipinski definition) is 2. The summed E-state index contributed by atoms with van der Waals surface area (Å²) in [5.41, 5.74) is 2.60. The first kappa shape index (κ1) is 22.9. The van der Waals surface area contributed by atoms with Gasteiger partial charge < -0.3 is 15.2 Å². The number of carbonyl (C=O) groups excluding carboxylic acids is 2. The summed E-state index contributed by atoms with van der Waals surface area (Å²) < 4.78 is 0. The number of aromatic nitrogens is 1. The van der Waals surface area contributed by atoms with Gasteiger partial charge in [0.2, 0.25) is 11.8 Å². The normalized spacial score (nSPS) is 38.2. The van der Waals surface area contributed by atoms with Crippen molar-refractivity contribution in [1.82, 2.24) is 15.2 Å². The van der Waals surface area contributed by atoms with Crippen molar-refractivity contribution in [3.8, 4) is 0 Å². The van der Waals surface area contributed by atoms with Gasteiger partial charge in [-0.2, -0.15) is 0 Å². The third kappa shape index (κ3) is 3.56. The van der Waals surface area contributed by atoms with Gasteiger partial charge in [0, 0.05) is 43.2 Å². The summed E-state index contributed by atoms with van der Waals surface area (Å²) in [4.78, 5) is 30.6. The summed E-state index contributed by atoms with van der Waals surface area (Å²) in [7, 11) is 1.99. The van der Waals surface area contributed by atoms with Crippen molar-refractivity contribution in [2.24, 2.45) is 34.5 Å². The fourth-order valence-corrected chi connectivity index (χ4v) is 8.88. The molecule has 0 radical (unpaired) electrons. The Morgan fingerprint density at radius 2 is 1.97 bits per heavy atom. The number of amides is 2. The van der Waals surface area contributed by atoms with Crippen LogP contribution in [0.3, 0.4) is 0 Å². The number of nitrogens with one attached hydrogen (secondary N) is 2. The first-order valence-corrected chi connectivity index (χ1v) is 13.6. The average Bonchev–Trinajstić information content (AvgIpc) is 3.44. The molecule has 3 aliphatic carbocycles. The van der Waals surface area contributed by atoms with E-state index in [4.69, 9.17) is 0 Å². The number of nitrogens with zero attached hydrogens (tertiary/aromatic N) is 1. The Morgan fingerprint density at radius 3 is 2.83 bits per heavy atom. The van der Waals surface area contributed by atoms with Crippen LogP contribution in [0.25, 0.3) is 10.9 Å². The molecule has 2 heterocycles. The van der Waals surface area contributed by atoms with Crippen molar-refractivity contribution < 1.29 is 9.59 Å². The van der Waals surface area contributed by atoms with Crippen molar-refractivity contribution in [3.63, 3.8) is 0 Å². The van der Waals surface area contributed by atoms with Crippen molar-refractivity contribution in [1.29, 1.82) is 0 Å². The Balaban J connectivity index is 1.12. The first-order chi connectivity index (χ1) is 16.8. The molecular formula is C30H39N3O2. The van der Waals surface area contributed by atoms with Crippen LogP contribution in [0.1, 0.15) is 64.4 Å². The van der Waals surface area contributed by atoms with Gasteiger partial charge in [-0.15, -0.1) is 0 Å². The molecule has 3 fully saturated rings. The van der Waals surface area contributed by atoms with E-state index in [1.165, 1.54) is 37.5 Å². The number of benzene rings is 1. The molecule has 5 nitrogen and oxygen atoms in total. The van der Waals surface area contributed by atoms with Gasteiger partial charge in [0.25, 0.3) is 0 Å². The minimum atomic E-state index is 0.0859. The van der Waals surface area contributed by atoms with Gasteiger partial charge in [-0.1, -0.05) is 32.1 Å². The minimum absolute atomic E-state index is 0.0859. The molecule has 6 rings (SSSR count). The summed E-state index contributed by atoms with van der Waals surface area (Å²) in [5.74, 6) is 2.87. The van der Waals surface area contributed by atoms with E-state index in [1.807, 2.05) is 24.2 Å². The van der Waals surface area contributed by atoms with Crippen LogP contribution in [0.2, 0.25) is 0 Å². The lowest BCUT2D eigenvalue weighted by molar-refractivity contribution is -0.139. The van der Waals surface area contributed by atoms with Crippen LogP contribution in [0.5, 0.6) is 0 Å². The molecule has 0 spiro atoms. The van der Waals surface area contributed by atoms with Crippen molar-refractivity contribution >= 4 is 22.7 Å². The average molecular weight is 474 g/mol. The SMILES string of the molecule is CN1C(=O)C=C[C@]2(C)C3CC[C@@]4(C)C(CC[C@@H]4CC(=O)NCc4ccc5cc[nH]c5c4)C3CCC12. The molecule has 0 saturated heterocycles. The molecule has 3 saturated carbocycles. The fourth-order valence-electron chi connectivity index (χ4n) is 8.88. The Hall–Kier alpha value is -2.56. The molecule has 1 aliphatic heterocycles. The maximum atomic E-state index is 13.0. The van der Waals surface area contributed by atoms with Crippen LogP contribution in [0, 0.1) is 34.5 Å². The number of H-pyrrole nitrogens is 1. The van der Waals surface area contributed by atoms with Gasteiger partial charge in [0.1, 0.15) is 0 Å². The number of likely N-dealkylation sites (N-methyl/N-ethyl adjacent to an activating group) is 1. The zero-order valence-corrected chi connectivity index (χ0v) is 21.3. The van der Waals surface area contributed by atoms with E-state index < -0.39 is 0 Å². The third-order valence-electron chi connectivity index (χ3n) is 10.9. The van der Waals surface area contributed by atoms with E-state index in [9.17, 15) is 9.59 Å². The smallest absolute Gasteiger partial charge is 0.246 e. The highest BCUT2D eigenvalue weighted by atomic mass is 16.2. The molecule has 186 valence electrons. The lowest BCUT2D eigenvalue weighted by Gasteiger charge is -2.60. The highest BCUT2D eigenvalue weighted by Gasteiger charge is 2.60. The van der Waals surface area contributed by atoms with Gasteiger partial charge in [0.05, 0.1) is 0 Å². The number of aromatic amines is 1. The molecule has 2 amide bonds. The Labute approximate surface area is 208 Å². The summed E-state index contributed by atoms with van der Waals surface area (Å²) in [6.45, 7) is 5.48. The molecule has 2 N–H and O–H groups in total. The first-order valence-electron chi connectivity index (χ1n) is 13.6. The standard InChI is InChI=1S/C30H39N3O2/c1-29-13-10-24-22(7-9-26-30(24,2)14-11-28(35)33(26)3)23(29)8-6-21(29)17-27(34)32-18-19-4-5-20-12-15-31-25(20)16-19/h4-5,11-12,14-16,21-24,26,31H,6-10,13,17-18H2,1-3H3,(H,32,34)/t21-,22?,23?,24?,26?,29-,30-/m1/s1. The van der Waals surface area contributed by atoms with E-state index in [1.54, 1.807) is 0 Å². The molecule has 1 aromatic heterocycles. The molecule has 4 aliphatic rings. The van der Waals surface area contributed by atoms with Crippen LogP contribution in [-0.4, -0.2) is 34.8 Å². The number of carbonyl (C=O) groups is 2. The maximum absolute atomic E-state index is 13.0. The Bertz CT molecular complexity index is 1180. The van der Waals surface area contributed by atoms with Crippen molar-refractivity contribution in [2.75, 3.05) is 7.05 Å². The zero-order valence-electron chi connectivity index (χ0n) is 21.3. The van der Waals surface area contributed by atoms with Gasteiger partial charge in [-0.05, 0) is 96.8 Å². The van der Waals surface area contributed by atoms with Gasteiger partial charge in [-0.25, -0.2) is 0 Å². The largest absolute Gasteiger partial charge is 0.361 e. The second kappa shape index (κ2) is 8.25. The number of fused-ring (bicyclic) bond motifs is 6. The lowest BCUT2D eigenvalue weighted by atomic mass is 9.47. The van der Waals surface area contributed by atoms with Crippen LogP contribution in [0.15, 0.2) is 42.6 Å². The quantitative estimate of drug-likeness (QED) is 0.622. The van der Waals surface area contributed by atoms with E-state index in [0.29, 0.717) is 42.7 Å². The number of hydrogen-bond acceptors (Lipinski definition) is 2. The van der Waals surface area contributed by atoms with Crippen molar-refractivity contribution in [2.45, 2.75) is 71.4 Å². The molecule has 35 heavy (non-hydrogen) atoms. The molecule has 4 unspecified atom stereocenters. The summed E-state index contributed by atoms with van der Waals surface area (Å²) >= 11 is 0. The van der Waals surface area contributed by atoms with Crippen LogP contribution in [-0.2, 0) is 16.1 Å².